The van der Waals surface area contributed by atoms with E-state index < -0.39 is 0 Å². The molecule has 2 rings (SSSR count). The van der Waals surface area contributed by atoms with E-state index in [1.807, 2.05) is 6.92 Å². The van der Waals surface area contributed by atoms with Crippen molar-refractivity contribution in [1.82, 2.24) is 10.2 Å². The minimum absolute atomic E-state index is 0.322. The summed E-state index contributed by atoms with van der Waals surface area (Å²) in [6.07, 6.45) is 4.97. The zero-order valence-electron chi connectivity index (χ0n) is 10.1. The molecular formula is C13H18IN2-. The van der Waals surface area contributed by atoms with Gasteiger partial charge >= 0.3 is 108 Å². The van der Waals surface area contributed by atoms with Crippen LogP contribution in [0, 0.1) is 6.92 Å². The van der Waals surface area contributed by atoms with Crippen LogP contribution in [0.2, 0.25) is 0 Å². The van der Waals surface area contributed by atoms with Crippen LogP contribution in [-0.2, 0) is 0 Å². The van der Waals surface area contributed by atoms with Crippen molar-refractivity contribution in [3.8, 4) is 0 Å². The van der Waals surface area contributed by atoms with Crippen molar-refractivity contribution in [2.75, 3.05) is 4.43 Å². The number of nitrogens with zero attached hydrogens (tertiary/aromatic N) is 1. The Labute approximate surface area is 107 Å². The third-order valence-electron chi connectivity index (χ3n) is 2.82. The molecule has 1 aliphatic heterocycles. The molecule has 0 saturated carbocycles. The van der Waals surface area contributed by atoms with Crippen LogP contribution in [0.1, 0.15) is 38.1 Å². The van der Waals surface area contributed by atoms with E-state index >= 15 is 0 Å². The molecule has 0 radical (unpaired) electrons. The van der Waals surface area contributed by atoms with Crippen molar-refractivity contribution in [3.63, 3.8) is 0 Å². The Morgan fingerprint density at radius 3 is 2.94 bits per heavy atom. The molecule has 0 unspecified atom stereocenters. The normalized spacial score (nSPS) is 18.6. The SMILES string of the molecule is CC1=C(/C=C(\C)c2cc(C)[nH]n2)CCC[I-]1. The van der Waals surface area contributed by atoms with Crippen molar-refractivity contribution >= 4 is 5.57 Å². The van der Waals surface area contributed by atoms with Gasteiger partial charge in [-0.05, 0) is 0 Å². The second-order valence-electron chi connectivity index (χ2n) is 4.25. The summed E-state index contributed by atoms with van der Waals surface area (Å²) in [5.74, 6) is 0. The molecule has 2 heterocycles. The van der Waals surface area contributed by atoms with Crippen LogP contribution >= 0.6 is 0 Å². The number of halogens is 1. The second kappa shape index (κ2) is 5.17. The predicted molar refractivity (Wildman–Crippen MR) is 63.8 cm³/mol. The average Bonchev–Trinajstić information content (AvgIpc) is 2.68. The molecule has 2 nitrogen and oxygen atoms in total. The van der Waals surface area contributed by atoms with Gasteiger partial charge in [-0.3, -0.25) is 0 Å². The van der Waals surface area contributed by atoms with Gasteiger partial charge in [-0.25, -0.2) is 0 Å². The summed E-state index contributed by atoms with van der Waals surface area (Å²) < 4.78 is 3.12. The topological polar surface area (TPSA) is 28.7 Å². The van der Waals surface area contributed by atoms with Crippen molar-refractivity contribution in [2.24, 2.45) is 0 Å². The number of allylic oxidation sites excluding steroid dienone is 4. The number of nitrogens with one attached hydrogen (secondary N) is 1. The Morgan fingerprint density at radius 1 is 1.50 bits per heavy atom. The fourth-order valence-corrected chi connectivity index (χ4v) is 4.34. The first-order chi connectivity index (χ1) is 7.66. The molecule has 0 atom stereocenters. The van der Waals surface area contributed by atoms with Crippen molar-refractivity contribution in [1.29, 1.82) is 0 Å². The van der Waals surface area contributed by atoms with Gasteiger partial charge in [0.2, 0.25) is 0 Å². The number of aryl methyl sites for hydroxylation is 1. The fourth-order valence-electron chi connectivity index (χ4n) is 1.85. The molecule has 16 heavy (non-hydrogen) atoms. The Balaban J connectivity index is 2.23. The first-order valence-corrected chi connectivity index (χ1v) is 8.27. The minimum atomic E-state index is 0.322. The number of H-pyrrole nitrogens is 1. The maximum atomic E-state index is 4.30. The van der Waals surface area contributed by atoms with Gasteiger partial charge < -0.3 is 0 Å². The average molecular weight is 329 g/mol. The zero-order valence-corrected chi connectivity index (χ0v) is 12.3. The summed E-state index contributed by atoms with van der Waals surface area (Å²) >= 11 is 0.322. The van der Waals surface area contributed by atoms with E-state index in [1.54, 1.807) is 9.15 Å². The monoisotopic (exact) mass is 329 g/mol. The van der Waals surface area contributed by atoms with Crippen LogP contribution in [0.3, 0.4) is 0 Å². The van der Waals surface area contributed by atoms with Gasteiger partial charge in [-0.2, -0.15) is 0 Å². The number of hydrogen-bond donors (Lipinski definition) is 1. The van der Waals surface area contributed by atoms with E-state index in [0.29, 0.717) is 21.2 Å². The van der Waals surface area contributed by atoms with Crippen LogP contribution < -0.4 is 21.2 Å². The molecule has 0 amide bonds. The summed E-state index contributed by atoms with van der Waals surface area (Å²) in [4.78, 5) is 0. The molecule has 0 spiro atoms. The number of aromatic nitrogens is 2. The van der Waals surface area contributed by atoms with Crippen molar-refractivity contribution in [2.45, 2.75) is 33.6 Å². The van der Waals surface area contributed by atoms with Crippen LogP contribution in [0.4, 0.5) is 0 Å². The number of rotatable bonds is 2. The van der Waals surface area contributed by atoms with Gasteiger partial charge in [-0.15, -0.1) is 0 Å². The fraction of sp³-hybridized carbons (Fsp3) is 0.462. The van der Waals surface area contributed by atoms with Crippen molar-refractivity contribution < 1.29 is 21.2 Å². The first-order valence-electron chi connectivity index (χ1n) is 5.66. The van der Waals surface area contributed by atoms with E-state index in [1.165, 1.54) is 22.8 Å². The van der Waals surface area contributed by atoms with Gasteiger partial charge in [0.1, 0.15) is 0 Å². The Bertz CT molecular complexity index is 441. The van der Waals surface area contributed by atoms with Crippen LogP contribution in [0.15, 0.2) is 21.3 Å². The summed E-state index contributed by atoms with van der Waals surface area (Å²) in [6.45, 7) is 6.50. The Morgan fingerprint density at radius 2 is 2.31 bits per heavy atom. The summed E-state index contributed by atoms with van der Waals surface area (Å²) in [6, 6.07) is 2.11. The molecule has 0 saturated heterocycles. The molecule has 1 aliphatic rings. The molecule has 1 aromatic heterocycles. The van der Waals surface area contributed by atoms with Crippen molar-refractivity contribution in [3.05, 3.63) is 32.7 Å². The van der Waals surface area contributed by atoms with E-state index in [0.717, 1.165) is 11.4 Å². The van der Waals surface area contributed by atoms with E-state index in [9.17, 15) is 0 Å². The third kappa shape index (κ3) is 2.75. The number of hydrogen-bond acceptors (Lipinski definition) is 1. The van der Waals surface area contributed by atoms with E-state index in [4.69, 9.17) is 0 Å². The second-order valence-corrected chi connectivity index (χ2v) is 7.71. The standard InChI is InChI=1S/C13H18IN2/c1-9(13-8-10(2)15-16-13)7-12-5-4-6-14-11(12)3/h7-8H,4-6H2,1-3H3,(H,15,16)/q-1/b9-7+. The molecule has 88 valence electrons. The van der Waals surface area contributed by atoms with Gasteiger partial charge in [0.15, 0.2) is 0 Å². The summed E-state index contributed by atoms with van der Waals surface area (Å²) in [5, 5.41) is 7.30. The van der Waals surface area contributed by atoms with Crippen LogP contribution in [-0.4, -0.2) is 14.6 Å². The molecule has 0 bridgehead atoms. The first kappa shape index (κ1) is 11.9. The van der Waals surface area contributed by atoms with Gasteiger partial charge in [0, 0.05) is 0 Å². The van der Waals surface area contributed by atoms with E-state index in [2.05, 4.69) is 36.2 Å². The molecule has 1 N–H and O–H groups in total. The maximum absolute atomic E-state index is 4.30. The molecule has 3 heteroatoms. The Kier molecular flexibility index (Phi) is 3.84. The molecule has 1 aromatic rings. The number of alkyl halides is 1. The Hall–Kier alpha value is -0.580. The quantitative estimate of drug-likeness (QED) is 0.613. The summed E-state index contributed by atoms with van der Waals surface area (Å²) in [7, 11) is 0. The molecular weight excluding hydrogens is 311 g/mol. The van der Waals surface area contributed by atoms with Crippen LogP contribution in [0.25, 0.3) is 5.57 Å². The van der Waals surface area contributed by atoms with Gasteiger partial charge in [-0.1, -0.05) is 0 Å². The third-order valence-corrected chi connectivity index (χ3v) is 5.96. The van der Waals surface area contributed by atoms with Crippen LogP contribution in [0.5, 0.6) is 0 Å². The van der Waals surface area contributed by atoms with Gasteiger partial charge in [0.25, 0.3) is 0 Å². The zero-order chi connectivity index (χ0) is 11.5. The predicted octanol–water partition coefficient (Wildman–Crippen LogP) is 0.278. The van der Waals surface area contributed by atoms with Gasteiger partial charge in [0.05, 0.1) is 0 Å². The van der Waals surface area contributed by atoms with E-state index in [-0.39, 0.29) is 0 Å². The summed E-state index contributed by atoms with van der Waals surface area (Å²) in [5.41, 5.74) is 5.06. The molecule has 0 fully saturated rings. The molecule has 0 aromatic carbocycles. The molecule has 0 aliphatic carbocycles. The number of aromatic amines is 1.